The molecule has 0 aliphatic heterocycles. The van der Waals surface area contributed by atoms with Gasteiger partial charge in [-0.3, -0.25) is 0 Å². The van der Waals surface area contributed by atoms with Gasteiger partial charge in [0.1, 0.15) is 0 Å². The van der Waals surface area contributed by atoms with Crippen molar-refractivity contribution in [2.75, 3.05) is 98.9 Å². The quantitative estimate of drug-likeness (QED) is 0.0745. The van der Waals surface area contributed by atoms with Crippen LogP contribution < -0.4 is 97.1 Å². The van der Waals surface area contributed by atoms with Crippen LogP contribution in [-0.2, 0) is 9.47 Å². The molecule has 5 aliphatic carbocycles. The maximum atomic E-state index is 5.65. The second-order valence-electron chi connectivity index (χ2n) is 18.2. The van der Waals surface area contributed by atoms with Crippen molar-refractivity contribution in [1.29, 1.82) is 0 Å². The highest BCUT2D eigenvalue weighted by Crippen LogP contribution is 2.17. The van der Waals surface area contributed by atoms with Crippen LogP contribution in [-0.4, -0.2) is 164 Å². The smallest absolute Gasteiger partial charge is 0.0701 e. The zero-order valence-corrected chi connectivity index (χ0v) is 41.8. The Kier molecular flexibility index (Phi) is 53.8. The SMILES string of the molecule is CN(CCN)CCN.NC1CCC(N)CC1.NC1CCCC(N)C1.NC1CCCCC1N.NCCNCCN.NCCOCCOCCN.N[C@@H]1CCCC[C@@H]1N.N[C@@H]1CCCC[C@H]1N. The summed E-state index contributed by atoms with van der Waals surface area (Å²) >= 11 is 0. The van der Waals surface area contributed by atoms with E-state index < -0.39 is 0 Å². The van der Waals surface area contributed by atoms with E-state index in [-0.39, 0.29) is 36.3 Å². The number of hydrogen-bond donors (Lipinski definition) is 17. The summed E-state index contributed by atoms with van der Waals surface area (Å²) in [6, 6.07) is 3.34. The number of rotatable bonds is 15. The van der Waals surface area contributed by atoms with Crippen LogP contribution in [0.1, 0.15) is 128 Å². The Morgan fingerprint density at radius 1 is 0.354 bits per heavy atom. The van der Waals surface area contributed by atoms with Crippen molar-refractivity contribution in [2.24, 2.45) is 91.7 Å². The van der Waals surface area contributed by atoms with Crippen molar-refractivity contribution >= 4 is 0 Å². The molecule has 0 spiro atoms. The minimum Gasteiger partial charge on any atom is -0.378 e. The summed E-state index contributed by atoms with van der Waals surface area (Å²) < 4.78 is 10.1. The normalized spacial score (nSPS) is 28.3. The Bertz CT molecular complexity index is 800. The van der Waals surface area contributed by atoms with Crippen molar-refractivity contribution in [1.82, 2.24) is 10.2 Å². The van der Waals surface area contributed by atoms with Gasteiger partial charge >= 0.3 is 0 Å². The Labute approximate surface area is 398 Å². The molecule has 20 nitrogen and oxygen atoms in total. The fraction of sp³-hybridized carbons (Fsp3) is 1.00. The van der Waals surface area contributed by atoms with Gasteiger partial charge in [-0.05, 0) is 90.5 Å². The molecule has 5 rings (SSSR count). The highest BCUT2D eigenvalue weighted by molar-refractivity contribution is 4.82. The Hall–Kier alpha value is -0.800. The van der Waals surface area contributed by atoms with E-state index in [9.17, 15) is 0 Å². The number of nitrogens with two attached hydrogens (primary N) is 16. The Morgan fingerprint density at radius 3 is 0.846 bits per heavy atom. The fourth-order valence-electron chi connectivity index (χ4n) is 7.35. The van der Waals surface area contributed by atoms with Crippen molar-refractivity contribution < 1.29 is 9.47 Å². The van der Waals surface area contributed by atoms with Crippen LogP contribution in [0.4, 0.5) is 0 Å². The predicted octanol–water partition coefficient (Wildman–Crippen LogP) is -2.66. The molecule has 396 valence electrons. The average molecular weight is 940 g/mol. The first-order valence-corrected chi connectivity index (χ1v) is 25.4. The molecular formula is C45H114N18O2. The van der Waals surface area contributed by atoms with E-state index in [0.717, 1.165) is 110 Å². The van der Waals surface area contributed by atoms with E-state index >= 15 is 0 Å². The van der Waals surface area contributed by atoms with Gasteiger partial charge in [0.05, 0.1) is 26.4 Å². The van der Waals surface area contributed by atoms with Gasteiger partial charge in [-0.15, -0.1) is 0 Å². The van der Waals surface area contributed by atoms with Crippen molar-refractivity contribution in [3.05, 3.63) is 0 Å². The summed E-state index contributed by atoms with van der Waals surface area (Å²) in [5.41, 5.74) is 87.7. The lowest BCUT2D eigenvalue weighted by Crippen LogP contribution is -2.43. The predicted molar refractivity (Wildman–Crippen MR) is 278 cm³/mol. The molecule has 5 saturated carbocycles. The lowest BCUT2D eigenvalue weighted by Gasteiger charge is -2.24. The molecule has 5 aliphatic rings. The summed E-state index contributed by atoms with van der Waals surface area (Å²) in [4.78, 5) is 2.11. The standard InChI is InChI=1S/C6H16N2O2.5C6H14N2.C5H15N3.C4H13N3/c7-1-3-9-5-6-10-4-2-8;7-5-1-2-6(8)4-3-5;7-5-2-1-3-6(8)4-5;3*7-5-3-1-2-4-6(5)8;1-8(4-2-6)5-3-7;5-1-3-7-4-2-6/h1-8H2;5*5-6H,1-4,7-8H2;2-7H2,1H3;7H,1-6H2/t;;;5-,6+;5-,6-;;;/m....1.../s1. The number of ether oxygens (including phenoxy) is 2. The van der Waals surface area contributed by atoms with E-state index in [1.165, 1.54) is 57.8 Å². The number of likely N-dealkylation sites (N-methyl/N-ethyl adjacent to an activating group) is 1. The molecule has 0 aromatic carbocycles. The lowest BCUT2D eigenvalue weighted by atomic mass is 9.92. The molecular weight excluding hydrogens is 825 g/mol. The van der Waals surface area contributed by atoms with Crippen LogP contribution in [0, 0.1) is 0 Å². The lowest BCUT2D eigenvalue weighted by molar-refractivity contribution is 0.0538. The zero-order valence-electron chi connectivity index (χ0n) is 41.8. The summed E-state index contributed by atoms with van der Waals surface area (Å²) in [5.74, 6) is 0. The maximum Gasteiger partial charge on any atom is 0.0701 e. The summed E-state index contributed by atoms with van der Waals surface area (Å²) in [7, 11) is 2.01. The van der Waals surface area contributed by atoms with Crippen molar-refractivity contribution in [3.63, 3.8) is 0 Å². The first-order chi connectivity index (χ1) is 31.1. The second-order valence-corrected chi connectivity index (χ2v) is 18.2. The molecule has 33 N–H and O–H groups in total. The van der Waals surface area contributed by atoms with E-state index in [2.05, 4.69) is 10.2 Å². The minimum atomic E-state index is 0.281. The molecule has 0 bridgehead atoms. The molecule has 0 amide bonds. The van der Waals surface area contributed by atoms with Crippen molar-refractivity contribution in [3.8, 4) is 0 Å². The topological polar surface area (TPSA) is 450 Å². The van der Waals surface area contributed by atoms with Crippen molar-refractivity contribution in [2.45, 2.75) is 189 Å². The van der Waals surface area contributed by atoms with Gasteiger partial charge in [0.25, 0.3) is 0 Å². The summed E-state index contributed by atoms with van der Waals surface area (Å²) in [5, 5.41) is 3.03. The highest BCUT2D eigenvalue weighted by Gasteiger charge is 2.18. The second kappa shape index (κ2) is 51.1. The number of hydrogen-bond acceptors (Lipinski definition) is 20. The van der Waals surface area contributed by atoms with E-state index in [1.54, 1.807) is 0 Å². The number of nitrogens with one attached hydrogen (secondary N) is 1. The van der Waals surface area contributed by atoms with Gasteiger partial charge in [-0.25, -0.2) is 0 Å². The molecule has 20 heteroatoms. The van der Waals surface area contributed by atoms with Crippen LogP contribution >= 0.6 is 0 Å². The first kappa shape index (κ1) is 68.5. The molecule has 0 saturated heterocycles. The Balaban J connectivity index is -0.000000677. The molecule has 4 unspecified atom stereocenters. The average Bonchev–Trinajstić information content (AvgIpc) is 3.28. The van der Waals surface area contributed by atoms with Gasteiger partial charge in [-0.1, -0.05) is 44.9 Å². The van der Waals surface area contributed by atoms with Crippen LogP contribution in [0.25, 0.3) is 0 Å². The van der Waals surface area contributed by atoms with E-state index in [4.69, 9.17) is 101 Å². The molecule has 0 radical (unpaired) electrons. The van der Waals surface area contributed by atoms with E-state index in [1.807, 2.05) is 7.05 Å². The van der Waals surface area contributed by atoms with Gasteiger partial charge in [0, 0.05) is 126 Å². The largest absolute Gasteiger partial charge is 0.378 e. The summed E-state index contributed by atoms with van der Waals surface area (Å²) in [6.45, 7) is 10.0. The monoisotopic (exact) mass is 939 g/mol. The maximum absolute atomic E-state index is 5.65. The van der Waals surface area contributed by atoms with Gasteiger partial charge in [-0.2, -0.15) is 0 Å². The highest BCUT2D eigenvalue weighted by atomic mass is 16.5. The van der Waals surface area contributed by atoms with Crippen LogP contribution in [0.15, 0.2) is 0 Å². The summed E-state index contributed by atoms with van der Waals surface area (Å²) in [6.07, 6.45) is 23.5. The minimum absolute atomic E-state index is 0.281. The van der Waals surface area contributed by atoms with Gasteiger partial charge < -0.3 is 111 Å². The van der Waals surface area contributed by atoms with Gasteiger partial charge in [0.15, 0.2) is 0 Å². The zero-order chi connectivity index (χ0) is 49.5. The number of nitrogens with zero attached hydrogens (tertiary/aromatic N) is 1. The first-order valence-electron chi connectivity index (χ1n) is 25.4. The molecule has 0 aromatic rings. The third kappa shape index (κ3) is 49.4. The molecule has 0 aromatic heterocycles. The van der Waals surface area contributed by atoms with E-state index in [0.29, 0.717) is 76.8 Å². The molecule has 5 fully saturated rings. The Morgan fingerprint density at radius 2 is 0.646 bits per heavy atom. The molecule has 0 heterocycles. The third-order valence-corrected chi connectivity index (χ3v) is 11.8. The van der Waals surface area contributed by atoms with Gasteiger partial charge in [0.2, 0.25) is 0 Å². The fourth-order valence-corrected chi connectivity index (χ4v) is 7.35. The van der Waals surface area contributed by atoms with Crippen LogP contribution in [0.5, 0.6) is 0 Å². The van der Waals surface area contributed by atoms with Crippen LogP contribution in [0.2, 0.25) is 0 Å². The molecule has 65 heavy (non-hydrogen) atoms. The third-order valence-electron chi connectivity index (χ3n) is 11.8. The molecule has 8 atom stereocenters. The van der Waals surface area contributed by atoms with Crippen LogP contribution in [0.3, 0.4) is 0 Å².